The van der Waals surface area contributed by atoms with Gasteiger partial charge in [0.1, 0.15) is 0 Å². The average molecular weight is 252 g/mol. The number of amides is 1. The molecule has 1 saturated carbocycles. The summed E-state index contributed by atoms with van der Waals surface area (Å²) in [6.45, 7) is 7.75. The fourth-order valence-corrected chi connectivity index (χ4v) is 3.79. The maximum atomic E-state index is 12.7. The largest absolute Gasteiger partial charge is 0.377 e. The molecule has 0 aromatic rings. The molecule has 1 spiro atoms. The van der Waals surface area contributed by atoms with E-state index < -0.39 is 0 Å². The van der Waals surface area contributed by atoms with Gasteiger partial charge in [-0.25, -0.2) is 0 Å². The van der Waals surface area contributed by atoms with Crippen LogP contribution in [-0.4, -0.2) is 49.2 Å². The Bertz CT molecular complexity index is 329. The van der Waals surface area contributed by atoms with Crippen molar-refractivity contribution < 1.29 is 9.53 Å². The number of carbonyl (C=O) groups excluding carboxylic acids is 1. The highest BCUT2D eigenvalue weighted by Gasteiger charge is 2.59. The van der Waals surface area contributed by atoms with Crippen molar-refractivity contribution in [1.29, 1.82) is 0 Å². The van der Waals surface area contributed by atoms with Gasteiger partial charge in [0.05, 0.1) is 25.3 Å². The molecule has 0 radical (unpaired) electrons. The lowest BCUT2D eigenvalue weighted by molar-refractivity contribution is -0.146. The van der Waals surface area contributed by atoms with Crippen LogP contribution >= 0.6 is 0 Å². The highest BCUT2D eigenvalue weighted by Crippen LogP contribution is 2.59. The first-order valence-electron chi connectivity index (χ1n) is 7.25. The van der Waals surface area contributed by atoms with Crippen LogP contribution in [0.5, 0.6) is 0 Å². The van der Waals surface area contributed by atoms with E-state index in [4.69, 9.17) is 4.74 Å². The quantitative estimate of drug-likeness (QED) is 0.757. The first-order chi connectivity index (χ1) is 8.64. The molecule has 1 N–H and O–H groups in total. The summed E-state index contributed by atoms with van der Waals surface area (Å²) in [4.78, 5) is 14.8. The molecule has 18 heavy (non-hydrogen) atoms. The SMILES string of the molecule is C[C@@H]1COC[C@H](C)N1C(=O)[C@H]1CC12CCNCC2. The van der Waals surface area contributed by atoms with E-state index in [1.165, 1.54) is 12.8 Å². The molecular weight excluding hydrogens is 228 g/mol. The van der Waals surface area contributed by atoms with Gasteiger partial charge >= 0.3 is 0 Å². The Kier molecular flexibility index (Phi) is 3.10. The fourth-order valence-electron chi connectivity index (χ4n) is 3.79. The van der Waals surface area contributed by atoms with Gasteiger partial charge in [-0.2, -0.15) is 0 Å². The van der Waals surface area contributed by atoms with E-state index in [9.17, 15) is 4.79 Å². The molecule has 3 rings (SSSR count). The van der Waals surface area contributed by atoms with Crippen molar-refractivity contribution in [2.45, 2.75) is 45.2 Å². The van der Waals surface area contributed by atoms with Gasteiger partial charge in [0.25, 0.3) is 0 Å². The number of nitrogens with zero attached hydrogens (tertiary/aromatic N) is 1. The monoisotopic (exact) mass is 252 g/mol. The maximum Gasteiger partial charge on any atom is 0.226 e. The van der Waals surface area contributed by atoms with Gasteiger partial charge in [-0.15, -0.1) is 0 Å². The van der Waals surface area contributed by atoms with E-state index in [2.05, 4.69) is 24.1 Å². The number of piperidine rings is 1. The number of hydrogen-bond donors (Lipinski definition) is 1. The third-order valence-corrected chi connectivity index (χ3v) is 5.01. The first kappa shape index (κ1) is 12.4. The van der Waals surface area contributed by atoms with Crippen LogP contribution in [0.4, 0.5) is 0 Å². The van der Waals surface area contributed by atoms with Crippen LogP contribution in [0.2, 0.25) is 0 Å². The molecule has 2 heterocycles. The number of carbonyl (C=O) groups is 1. The topological polar surface area (TPSA) is 41.6 Å². The third kappa shape index (κ3) is 1.95. The lowest BCUT2D eigenvalue weighted by Gasteiger charge is -2.39. The van der Waals surface area contributed by atoms with Gasteiger partial charge in [-0.3, -0.25) is 4.79 Å². The summed E-state index contributed by atoms with van der Waals surface area (Å²) < 4.78 is 5.51. The molecule has 2 aliphatic heterocycles. The standard InChI is InChI=1S/C14H24N2O2/c1-10-8-18-9-11(2)16(10)13(17)12-7-14(12)3-5-15-6-4-14/h10-12,15H,3-9H2,1-2H3/t10-,11+,12-/m1/s1. The molecule has 4 nitrogen and oxygen atoms in total. The fraction of sp³-hybridized carbons (Fsp3) is 0.929. The Morgan fingerprint density at radius 1 is 1.22 bits per heavy atom. The van der Waals surface area contributed by atoms with Crippen LogP contribution in [-0.2, 0) is 9.53 Å². The lowest BCUT2D eigenvalue weighted by atomic mass is 9.91. The summed E-state index contributed by atoms with van der Waals surface area (Å²) in [5.74, 6) is 0.683. The molecule has 0 unspecified atom stereocenters. The molecule has 3 aliphatic rings. The third-order valence-electron chi connectivity index (χ3n) is 5.01. The number of nitrogens with one attached hydrogen (secondary N) is 1. The van der Waals surface area contributed by atoms with Crippen molar-refractivity contribution in [3.63, 3.8) is 0 Å². The normalized spacial score (nSPS) is 38.8. The summed E-state index contributed by atoms with van der Waals surface area (Å²) in [5, 5.41) is 3.39. The van der Waals surface area contributed by atoms with Crippen LogP contribution in [0.25, 0.3) is 0 Å². The van der Waals surface area contributed by atoms with Gasteiger partial charge in [0, 0.05) is 5.92 Å². The van der Waals surface area contributed by atoms with Crippen molar-refractivity contribution in [3.8, 4) is 0 Å². The Balaban J connectivity index is 1.68. The summed E-state index contributed by atoms with van der Waals surface area (Å²) in [5.41, 5.74) is 0.347. The van der Waals surface area contributed by atoms with E-state index in [1.54, 1.807) is 0 Å². The minimum atomic E-state index is 0.237. The van der Waals surface area contributed by atoms with E-state index in [0.717, 1.165) is 19.5 Å². The summed E-state index contributed by atoms with van der Waals surface area (Å²) in [7, 11) is 0. The molecule has 0 bridgehead atoms. The van der Waals surface area contributed by atoms with E-state index in [-0.39, 0.29) is 12.1 Å². The predicted octanol–water partition coefficient (Wildman–Crippen LogP) is 1.01. The van der Waals surface area contributed by atoms with Crippen molar-refractivity contribution in [2.24, 2.45) is 11.3 Å². The molecule has 1 aliphatic carbocycles. The summed E-state index contributed by atoms with van der Waals surface area (Å²) in [6.07, 6.45) is 3.47. The second-order valence-electron chi connectivity index (χ2n) is 6.35. The maximum absolute atomic E-state index is 12.7. The second-order valence-corrected chi connectivity index (χ2v) is 6.35. The number of hydrogen-bond acceptors (Lipinski definition) is 3. The Labute approximate surface area is 109 Å². The van der Waals surface area contributed by atoms with E-state index in [0.29, 0.717) is 30.5 Å². The van der Waals surface area contributed by atoms with Crippen molar-refractivity contribution in [1.82, 2.24) is 10.2 Å². The molecule has 0 aromatic heterocycles. The smallest absolute Gasteiger partial charge is 0.226 e. The van der Waals surface area contributed by atoms with E-state index >= 15 is 0 Å². The Morgan fingerprint density at radius 2 is 1.83 bits per heavy atom. The highest BCUT2D eigenvalue weighted by atomic mass is 16.5. The molecule has 3 fully saturated rings. The van der Waals surface area contributed by atoms with Crippen molar-refractivity contribution in [2.75, 3.05) is 26.3 Å². The highest BCUT2D eigenvalue weighted by molar-refractivity contribution is 5.83. The zero-order valence-electron chi connectivity index (χ0n) is 11.4. The number of rotatable bonds is 1. The molecule has 102 valence electrons. The predicted molar refractivity (Wildman–Crippen MR) is 69.2 cm³/mol. The van der Waals surface area contributed by atoms with Crippen LogP contribution in [0.3, 0.4) is 0 Å². The molecule has 2 saturated heterocycles. The Morgan fingerprint density at radius 3 is 2.44 bits per heavy atom. The van der Waals surface area contributed by atoms with Gasteiger partial charge in [0.2, 0.25) is 5.91 Å². The van der Waals surface area contributed by atoms with Crippen LogP contribution in [0.15, 0.2) is 0 Å². The molecule has 0 aromatic carbocycles. The zero-order chi connectivity index (χ0) is 12.8. The van der Waals surface area contributed by atoms with Crippen LogP contribution in [0, 0.1) is 11.3 Å². The molecule has 1 amide bonds. The first-order valence-corrected chi connectivity index (χ1v) is 7.25. The minimum absolute atomic E-state index is 0.237. The van der Waals surface area contributed by atoms with Gasteiger partial charge < -0.3 is 15.0 Å². The molecule has 3 atom stereocenters. The average Bonchev–Trinajstić information content (AvgIpc) is 3.03. The summed E-state index contributed by atoms with van der Waals surface area (Å²) in [6, 6.07) is 0.473. The van der Waals surface area contributed by atoms with Gasteiger partial charge in [-0.05, 0) is 51.6 Å². The van der Waals surface area contributed by atoms with Crippen molar-refractivity contribution >= 4 is 5.91 Å². The van der Waals surface area contributed by atoms with Crippen LogP contribution < -0.4 is 5.32 Å². The molecule has 4 heteroatoms. The zero-order valence-corrected chi connectivity index (χ0v) is 11.4. The van der Waals surface area contributed by atoms with Crippen molar-refractivity contribution in [3.05, 3.63) is 0 Å². The summed E-state index contributed by atoms with van der Waals surface area (Å²) >= 11 is 0. The molecular formula is C14H24N2O2. The number of ether oxygens (including phenoxy) is 1. The minimum Gasteiger partial charge on any atom is -0.377 e. The second kappa shape index (κ2) is 4.49. The van der Waals surface area contributed by atoms with E-state index in [1.807, 2.05) is 0 Å². The van der Waals surface area contributed by atoms with Gasteiger partial charge in [-0.1, -0.05) is 0 Å². The van der Waals surface area contributed by atoms with Crippen LogP contribution in [0.1, 0.15) is 33.1 Å². The Hall–Kier alpha value is -0.610. The lowest BCUT2D eigenvalue weighted by Crippen LogP contribution is -2.53. The number of morpholine rings is 1. The van der Waals surface area contributed by atoms with Gasteiger partial charge in [0.15, 0.2) is 0 Å².